The zero-order valence-electron chi connectivity index (χ0n) is 11.4. The van der Waals surface area contributed by atoms with Crippen LogP contribution in [-0.2, 0) is 4.79 Å². The quantitative estimate of drug-likeness (QED) is 0.801. The lowest BCUT2D eigenvalue weighted by Gasteiger charge is -2.54. The summed E-state index contributed by atoms with van der Waals surface area (Å²) in [6, 6.07) is 0.464. The first kappa shape index (κ1) is 12.5. The lowest BCUT2D eigenvalue weighted by molar-refractivity contribution is -0.128. The van der Waals surface area contributed by atoms with Crippen LogP contribution >= 0.6 is 0 Å². The highest BCUT2D eigenvalue weighted by Crippen LogP contribution is 2.53. The molecule has 0 aromatic rings. The molecule has 0 aromatic heterocycles. The zero-order valence-corrected chi connectivity index (χ0v) is 11.4. The molecule has 4 saturated carbocycles. The molecule has 0 aromatic carbocycles. The summed E-state index contributed by atoms with van der Waals surface area (Å²) in [5.74, 6) is 3.69. The molecule has 4 fully saturated rings. The van der Waals surface area contributed by atoms with Crippen molar-refractivity contribution < 1.29 is 4.79 Å². The van der Waals surface area contributed by atoms with Crippen molar-refractivity contribution in [3.8, 4) is 0 Å². The van der Waals surface area contributed by atoms with Crippen LogP contribution in [0.2, 0.25) is 0 Å². The largest absolute Gasteiger partial charge is 0.353 e. The first-order valence-corrected chi connectivity index (χ1v) is 7.71. The summed E-state index contributed by atoms with van der Waals surface area (Å²) in [5, 5.41) is 3.34. The molecule has 102 valence electrons. The molecule has 3 heteroatoms. The van der Waals surface area contributed by atoms with Gasteiger partial charge in [-0.1, -0.05) is 6.92 Å². The number of hydrogen-bond acceptors (Lipinski definition) is 2. The van der Waals surface area contributed by atoms with Crippen molar-refractivity contribution in [1.82, 2.24) is 5.32 Å². The van der Waals surface area contributed by atoms with Gasteiger partial charge in [0, 0.05) is 18.5 Å². The number of nitrogens with two attached hydrogens (primary N) is 1. The van der Waals surface area contributed by atoms with Crippen LogP contribution in [0.4, 0.5) is 0 Å². The van der Waals surface area contributed by atoms with Crippen molar-refractivity contribution in [2.45, 2.75) is 51.5 Å². The first-order valence-electron chi connectivity index (χ1n) is 7.71. The fraction of sp³-hybridized carbons (Fsp3) is 0.933. The number of amides is 1. The van der Waals surface area contributed by atoms with Crippen LogP contribution in [0.5, 0.6) is 0 Å². The van der Waals surface area contributed by atoms with Crippen molar-refractivity contribution in [1.29, 1.82) is 0 Å². The Balaban J connectivity index is 1.65. The highest BCUT2D eigenvalue weighted by molar-refractivity contribution is 5.79. The third-order valence-corrected chi connectivity index (χ3v) is 5.68. The molecule has 3 N–H and O–H groups in total. The minimum Gasteiger partial charge on any atom is -0.353 e. The number of carbonyl (C=O) groups excluding carboxylic acids is 1. The third kappa shape index (κ3) is 2.07. The normalized spacial score (nSPS) is 42.9. The topological polar surface area (TPSA) is 55.1 Å². The summed E-state index contributed by atoms with van der Waals surface area (Å²) in [7, 11) is 0. The molecule has 1 unspecified atom stereocenters. The van der Waals surface area contributed by atoms with Gasteiger partial charge in [0.25, 0.3) is 0 Å². The Morgan fingerprint density at radius 2 is 1.72 bits per heavy atom. The molecule has 0 aliphatic heterocycles. The van der Waals surface area contributed by atoms with Crippen LogP contribution in [0.3, 0.4) is 0 Å². The molecule has 1 amide bonds. The van der Waals surface area contributed by atoms with Crippen molar-refractivity contribution >= 4 is 5.91 Å². The van der Waals surface area contributed by atoms with Gasteiger partial charge in [-0.3, -0.25) is 4.79 Å². The second kappa shape index (κ2) is 4.84. The van der Waals surface area contributed by atoms with Gasteiger partial charge in [0.1, 0.15) is 0 Å². The molecule has 1 atom stereocenters. The molecular weight excluding hydrogens is 224 g/mol. The molecule has 0 heterocycles. The summed E-state index contributed by atoms with van der Waals surface area (Å²) in [5.41, 5.74) is 5.67. The maximum absolute atomic E-state index is 12.2. The van der Waals surface area contributed by atoms with E-state index in [4.69, 9.17) is 5.73 Å². The summed E-state index contributed by atoms with van der Waals surface area (Å²) >= 11 is 0. The van der Waals surface area contributed by atoms with E-state index in [0.29, 0.717) is 12.6 Å². The zero-order chi connectivity index (χ0) is 12.7. The summed E-state index contributed by atoms with van der Waals surface area (Å²) in [6.07, 6.45) is 7.76. The summed E-state index contributed by atoms with van der Waals surface area (Å²) in [4.78, 5) is 12.2. The van der Waals surface area contributed by atoms with Crippen molar-refractivity contribution in [3.63, 3.8) is 0 Å². The van der Waals surface area contributed by atoms with E-state index < -0.39 is 0 Å². The predicted molar refractivity (Wildman–Crippen MR) is 71.8 cm³/mol. The summed E-state index contributed by atoms with van der Waals surface area (Å²) < 4.78 is 0. The lowest BCUT2D eigenvalue weighted by atomic mass is 9.54. The molecule has 4 rings (SSSR count). The van der Waals surface area contributed by atoms with Crippen LogP contribution in [-0.4, -0.2) is 18.5 Å². The maximum Gasteiger partial charge on any atom is 0.224 e. The van der Waals surface area contributed by atoms with Gasteiger partial charge in [0.15, 0.2) is 0 Å². The highest BCUT2D eigenvalue weighted by Gasteiger charge is 2.48. The average molecular weight is 250 g/mol. The standard InChI is InChI=1S/C15H26N2O/c1-2-11(8-16)15(18)17-14-12-4-9-3-10(6-12)7-13(14)5-9/h9-14H,2-8,16H2,1H3,(H,17,18). The Kier molecular flexibility index (Phi) is 3.35. The van der Waals surface area contributed by atoms with Crippen LogP contribution in [0.15, 0.2) is 0 Å². The fourth-order valence-electron chi connectivity index (χ4n) is 4.90. The Labute approximate surface area is 110 Å². The second-order valence-corrected chi connectivity index (χ2v) is 6.81. The van der Waals surface area contributed by atoms with Crippen molar-refractivity contribution in [2.24, 2.45) is 35.3 Å². The van der Waals surface area contributed by atoms with E-state index in [1.54, 1.807) is 0 Å². The highest BCUT2D eigenvalue weighted by atomic mass is 16.2. The van der Waals surface area contributed by atoms with E-state index in [9.17, 15) is 4.79 Å². The maximum atomic E-state index is 12.2. The van der Waals surface area contributed by atoms with Gasteiger partial charge in [-0.2, -0.15) is 0 Å². The van der Waals surface area contributed by atoms with Crippen LogP contribution in [0, 0.1) is 29.6 Å². The molecule has 0 saturated heterocycles. The number of rotatable bonds is 4. The molecule has 4 bridgehead atoms. The van der Waals surface area contributed by atoms with Gasteiger partial charge in [-0.15, -0.1) is 0 Å². The molecule has 18 heavy (non-hydrogen) atoms. The van der Waals surface area contributed by atoms with Crippen molar-refractivity contribution in [3.05, 3.63) is 0 Å². The first-order chi connectivity index (χ1) is 8.71. The Morgan fingerprint density at radius 1 is 1.17 bits per heavy atom. The van der Waals surface area contributed by atoms with Gasteiger partial charge in [-0.05, 0) is 62.2 Å². The smallest absolute Gasteiger partial charge is 0.224 e. The van der Waals surface area contributed by atoms with Crippen LogP contribution in [0.1, 0.15) is 45.4 Å². The third-order valence-electron chi connectivity index (χ3n) is 5.68. The Morgan fingerprint density at radius 3 is 2.17 bits per heavy atom. The SMILES string of the molecule is CCC(CN)C(=O)NC1C2CC3CC(C2)CC1C3. The van der Waals surface area contributed by atoms with E-state index in [1.165, 1.54) is 32.1 Å². The monoisotopic (exact) mass is 250 g/mol. The summed E-state index contributed by atoms with van der Waals surface area (Å²) in [6.45, 7) is 2.53. The van der Waals surface area contributed by atoms with Gasteiger partial charge < -0.3 is 11.1 Å². The van der Waals surface area contributed by atoms with Gasteiger partial charge in [0.05, 0.1) is 0 Å². The minimum atomic E-state index is 0.0159. The molecule has 3 nitrogen and oxygen atoms in total. The second-order valence-electron chi connectivity index (χ2n) is 6.81. The molecular formula is C15H26N2O. The van der Waals surface area contributed by atoms with E-state index in [2.05, 4.69) is 5.32 Å². The van der Waals surface area contributed by atoms with Crippen LogP contribution in [0.25, 0.3) is 0 Å². The fourth-order valence-corrected chi connectivity index (χ4v) is 4.90. The Hall–Kier alpha value is -0.570. The lowest BCUT2D eigenvalue weighted by Crippen LogP contribution is -2.57. The molecule has 4 aliphatic carbocycles. The van der Waals surface area contributed by atoms with Gasteiger partial charge in [0.2, 0.25) is 5.91 Å². The number of nitrogens with one attached hydrogen (secondary N) is 1. The molecule has 0 spiro atoms. The van der Waals surface area contributed by atoms with E-state index in [1.807, 2.05) is 6.92 Å². The average Bonchev–Trinajstić information content (AvgIpc) is 2.34. The Bertz CT molecular complexity index is 296. The van der Waals surface area contributed by atoms with Crippen LogP contribution < -0.4 is 11.1 Å². The minimum absolute atomic E-state index is 0.0159. The molecule has 0 radical (unpaired) electrons. The van der Waals surface area contributed by atoms with Crippen molar-refractivity contribution in [2.75, 3.05) is 6.54 Å². The van der Waals surface area contributed by atoms with E-state index in [-0.39, 0.29) is 11.8 Å². The number of carbonyl (C=O) groups is 1. The number of hydrogen-bond donors (Lipinski definition) is 2. The van der Waals surface area contributed by atoms with E-state index >= 15 is 0 Å². The van der Waals surface area contributed by atoms with Gasteiger partial charge in [-0.25, -0.2) is 0 Å². The molecule has 4 aliphatic rings. The van der Waals surface area contributed by atoms with E-state index in [0.717, 1.165) is 30.1 Å². The van der Waals surface area contributed by atoms with Gasteiger partial charge >= 0.3 is 0 Å². The predicted octanol–water partition coefficient (Wildman–Crippen LogP) is 1.91.